The molecule has 3 fully saturated rings. The molecule has 7 nitrogen and oxygen atoms in total. The molecule has 0 spiro atoms. The van der Waals surface area contributed by atoms with E-state index in [4.69, 9.17) is 0 Å². The van der Waals surface area contributed by atoms with Crippen LogP contribution >= 0.6 is 0 Å². The van der Waals surface area contributed by atoms with Gasteiger partial charge >= 0.3 is 0 Å². The SMILES string of the molecule is CN(CCN1CCCCCC1)C(=O)C1CCC(=O)N(CCCN2CCCC2=O)C1. The van der Waals surface area contributed by atoms with Gasteiger partial charge in [-0.3, -0.25) is 14.4 Å². The highest BCUT2D eigenvalue weighted by Gasteiger charge is 2.32. The zero-order valence-electron chi connectivity index (χ0n) is 18.1. The second-order valence-corrected chi connectivity index (χ2v) is 8.93. The van der Waals surface area contributed by atoms with Crippen molar-refractivity contribution in [2.24, 2.45) is 5.92 Å². The van der Waals surface area contributed by atoms with E-state index in [1.807, 2.05) is 21.7 Å². The molecule has 3 saturated heterocycles. The number of nitrogens with zero attached hydrogens (tertiary/aromatic N) is 4. The maximum absolute atomic E-state index is 12.9. The molecule has 3 aliphatic rings. The first-order valence-corrected chi connectivity index (χ1v) is 11.6. The highest BCUT2D eigenvalue weighted by molar-refractivity contribution is 5.83. The van der Waals surface area contributed by atoms with E-state index in [1.165, 1.54) is 25.7 Å². The van der Waals surface area contributed by atoms with Gasteiger partial charge < -0.3 is 19.6 Å². The maximum Gasteiger partial charge on any atom is 0.227 e. The zero-order chi connectivity index (χ0) is 20.6. The lowest BCUT2D eigenvalue weighted by molar-refractivity contribution is -0.142. The van der Waals surface area contributed by atoms with Crippen LogP contribution in [0.1, 0.15) is 57.8 Å². The van der Waals surface area contributed by atoms with Crippen molar-refractivity contribution in [3.63, 3.8) is 0 Å². The van der Waals surface area contributed by atoms with Crippen LogP contribution in [0.5, 0.6) is 0 Å². The third-order valence-electron chi connectivity index (χ3n) is 6.70. The number of amides is 3. The predicted octanol–water partition coefficient (Wildman–Crippen LogP) is 1.57. The lowest BCUT2D eigenvalue weighted by atomic mass is 9.96. The van der Waals surface area contributed by atoms with E-state index in [0.717, 1.165) is 52.1 Å². The van der Waals surface area contributed by atoms with Crippen molar-refractivity contribution in [2.75, 3.05) is 59.4 Å². The van der Waals surface area contributed by atoms with Gasteiger partial charge in [0.1, 0.15) is 0 Å². The van der Waals surface area contributed by atoms with Gasteiger partial charge in [0.25, 0.3) is 0 Å². The highest BCUT2D eigenvalue weighted by atomic mass is 16.2. The summed E-state index contributed by atoms with van der Waals surface area (Å²) in [6.07, 6.45) is 8.69. The Hall–Kier alpha value is -1.63. The quantitative estimate of drug-likeness (QED) is 0.614. The Labute approximate surface area is 175 Å². The second-order valence-electron chi connectivity index (χ2n) is 8.93. The molecule has 29 heavy (non-hydrogen) atoms. The van der Waals surface area contributed by atoms with E-state index >= 15 is 0 Å². The fraction of sp³-hybridized carbons (Fsp3) is 0.864. The first-order valence-electron chi connectivity index (χ1n) is 11.6. The Kier molecular flexibility index (Phi) is 8.33. The molecule has 164 valence electrons. The van der Waals surface area contributed by atoms with Crippen molar-refractivity contribution in [3.8, 4) is 0 Å². The number of rotatable bonds is 8. The molecule has 0 saturated carbocycles. The maximum atomic E-state index is 12.9. The number of likely N-dealkylation sites (N-methyl/N-ethyl adjacent to an activating group) is 1. The fourth-order valence-electron chi connectivity index (χ4n) is 4.80. The molecule has 0 bridgehead atoms. The Morgan fingerprint density at radius 2 is 1.59 bits per heavy atom. The van der Waals surface area contributed by atoms with Crippen molar-refractivity contribution in [1.82, 2.24) is 19.6 Å². The molecular formula is C22H38N4O3. The molecule has 3 heterocycles. The Balaban J connectivity index is 1.41. The third-order valence-corrected chi connectivity index (χ3v) is 6.70. The predicted molar refractivity (Wildman–Crippen MR) is 112 cm³/mol. The van der Waals surface area contributed by atoms with Crippen LogP contribution in [0.15, 0.2) is 0 Å². The summed E-state index contributed by atoms with van der Waals surface area (Å²) in [5.41, 5.74) is 0. The van der Waals surface area contributed by atoms with E-state index in [9.17, 15) is 14.4 Å². The van der Waals surface area contributed by atoms with Gasteiger partial charge in [0.15, 0.2) is 0 Å². The summed E-state index contributed by atoms with van der Waals surface area (Å²) < 4.78 is 0. The smallest absolute Gasteiger partial charge is 0.227 e. The Bertz CT molecular complexity index is 574. The van der Waals surface area contributed by atoms with Crippen LogP contribution in [0.25, 0.3) is 0 Å². The molecule has 0 aliphatic carbocycles. The minimum Gasteiger partial charge on any atom is -0.344 e. The van der Waals surface area contributed by atoms with Crippen LogP contribution < -0.4 is 0 Å². The van der Waals surface area contributed by atoms with Crippen molar-refractivity contribution in [3.05, 3.63) is 0 Å². The molecule has 0 aromatic carbocycles. The van der Waals surface area contributed by atoms with Gasteiger partial charge in [0, 0.05) is 59.2 Å². The van der Waals surface area contributed by atoms with E-state index < -0.39 is 0 Å². The van der Waals surface area contributed by atoms with Crippen molar-refractivity contribution < 1.29 is 14.4 Å². The number of carbonyl (C=O) groups is 3. The van der Waals surface area contributed by atoms with Crippen molar-refractivity contribution >= 4 is 17.7 Å². The van der Waals surface area contributed by atoms with Gasteiger partial charge in [-0.2, -0.15) is 0 Å². The largest absolute Gasteiger partial charge is 0.344 e. The summed E-state index contributed by atoms with van der Waals surface area (Å²) in [5, 5.41) is 0. The average molecular weight is 407 g/mol. The lowest BCUT2D eigenvalue weighted by Gasteiger charge is -2.34. The average Bonchev–Trinajstić information content (AvgIpc) is 2.96. The molecule has 0 aromatic rings. The number of hydrogen-bond acceptors (Lipinski definition) is 4. The van der Waals surface area contributed by atoms with Crippen LogP contribution in [-0.2, 0) is 14.4 Å². The van der Waals surface area contributed by atoms with E-state index in [1.54, 1.807) is 0 Å². The molecule has 7 heteroatoms. The fourth-order valence-corrected chi connectivity index (χ4v) is 4.80. The molecule has 3 amide bonds. The van der Waals surface area contributed by atoms with Gasteiger partial charge in [0.2, 0.25) is 17.7 Å². The monoisotopic (exact) mass is 406 g/mol. The number of carbonyl (C=O) groups excluding carboxylic acids is 3. The van der Waals surface area contributed by atoms with E-state index in [0.29, 0.717) is 32.4 Å². The summed E-state index contributed by atoms with van der Waals surface area (Å²) >= 11 is 0. The third kappa shape index (κ3) is 6.43. The summed E-state index contributed by atoms with van der Waals surface area (Å²) in [7, 11) is 1.90. The molecule has 1 unspecified atom stereocenters. The topological polar surface area (TPSA) is 64.2 Å². The van der Waals surface area contributed by atoms with Crippen LogP contribution in [0.2, 0.25) is 0 Å². The van der Waals surface area contributed by atoms with Gasteiger partial charge in [-0.25, -0.2) is 0 Å². The van der Waals surface area contributed by atoms with Crippen LogP contribution in [0.4, 0.5) is 0 Å². The van der Waals surface area contributed by atoms with Gasteiger partial charge in [-0.1, -0.05) is 12.8 Å². The first kappa shape index (κ1) is 22.1. The minimum absolute atomic E-state index is 0.0877. The first-order chi connectivity index (χ1) is 14.0. The van der Waals surface area contributed by atoms with E-state index in [-0.39, 0.29) is 23.6 Å². The Morgan fingerprint density at radius 3 is 2.28 bits per heavy atom. The standard InChI is InChI=1S/C22H38N4O3/c1-23(16-17-24-11-4-2-3-5-12-24)22(29)19-9-10-21(28)26(18-19)15-7-14-25-13-6-8-20(25)27/h19H,2-18H2,1H3. The molecule has 3 rings (SSSR count). The molecular weight excluding hydrogens is 368 g/mol. The van der Waals surface area contributed by atoms with Gasteiger partial charge in [-0.15, -0.1) is 0 Å². The molecule has 0 aromatic heterocycles. The molecule has 0 radical (unpaired) electrons. The van der Waals surface area contributed by atoms with Crippen LogP contribution in [0.3, 0.4) is 0 Å². The van der Waals surface area contributed by atoms with E-state index in [2.05, 4.69) is 4.90 Å². The Morgan fingerprint density at radius 1 is 0.897 bits per heavy atom. The van der Waals surface area contributed by atoms with Crippen LogP contribution in [-0.4, -0.2) is 96.7 Å². The van der Waals surface area contributed by atoms with Crippen LogP contribution in [0, 0.1) is 5.92 Å². The summed E-state index contributed by atoms with van der Waals surface area (Å²) in [4.78, 5) is 45.0. The van der Waals surface area contributed by atoms with Crippen molar-refractivity contribution in [1.29, 1.82) is 0 Å². The molecule has 0 N–H and O–H groups in total. The normalized spacial score (nSPS) is 24.1. The highest BCUT2D eigenvalue weighted by Crippen LogP contribution is 2.20. The lowest BCUT2D eigenvalue weighted by Crippen LogP contribution is -2.48. The minimum atomic E-state index is -0.0877. The number of hydrogen-bond donors (Lipinski definition) is 0. The number of likely N-dealkylation sites (tertiary alicyclic amines) is 3. The summed E-state index contributed by atoms with van der Waals surface area (Å²) in [5.74, 6) is 0.463. The summed E-state index contributed by atoms with van der Waals surface area (Å²) in [6, 6.07) is 0. The molecule has 3 aliphatic heterocycles. The van der Waals surface area contributed by atoms with Crippen molar-refractivity contribution in [2.45, 2.75) is 57.8 Å². The van der Waals surface area contributed by atoms with Gasteiger partial charge in [0.05, 0.1) is 5.92 Å². The zero-order valence-corrected chi connectivity index (χ0v) is 18.1. The number of piperidine rings is 1. The molecule has 1 atom stereocenters. The second kappa shape index (κ2) is 11.0. The summed E-state index contributed by atoms with van der Waals surface area (Å²) in [6.45, 7) is 6.73. The van der Waals surface area contributed by atoms with Gasteiger partial charge in [-0.05, 0) is 45.2 Å².